The molecule has 1 aliphatic heterocycles. The highest BCUT2D eigenvalue weighted by Gasteiger charge is 2.19. The van der Waals surface area contributed by atoms with E-state index in [0.717, 1.165) is 13.0 Å². The summed E-state index contributed by atoms with van der Waals surface area (Å²) >= 11 is 0. The number of hydrogen-bond donors (Lipinski definition) is 0. The minimum Gasteiger partial charge on any atom is -0.466 e. The molecule has 0 spiro atoms. The van der Waals surface area contributed by atoms with Crippen LogP contribution in [0.1, 0.15) is 6.42 Å². The molecule has 1 heterocycles. The van der Waals surface area contributed by atoms with Crippen LogP contribution in [0.5, 0.6) is 0 Å². The van der Waals surface area contributed by atoms with Crippen LogP contribution in [0.3, 0.4) is 0 Å². The summed E-state index contributed by atoms with van der Waals surface area (Å²) < 4.78 is 9.31. The third kappa shape index (κ3) is 2.64. The largest absolute Gasteiger partial charge is 0.466 e. The monoisotopic (exact) mass is 142 g/mol. The zero-order valence-corrected chi connectivity index (χ0v) is 5.87. The fourth-order valence-corrected chi connectivity index (χ4v) is 0.588. The van der Waals surface area contributed by atoms with Gasteiger partial charge in [0.1, 0.15) is 0 Å². The van der Waals surface area contributed by atoms with Crippen LogP contribution in [-0.2, 0) is 14.3 Å². The van der Waals surface area contributed by atoms with Gasteiger partial charge in [-0.05, 0) is 6.42 Å². The first kappa shape index (κ1) is 7.28. The summed E-state index contributed by atoms with van der Waals surface area (Å²) in [5, 5.41) is 0. The Hall–Kier alpha value is -0.830. The van der Waals surface area contributed by atoms with Gasteiger partial charge < -0.3 is 9.47 Å². The lowest BCUT2D eigenvalue weighted by atomic mass is 10.3. The quantitative estimate of drug-likeness (QED) is 0.327. The van der Waals surface area contributed by atoms with Crippen LogP contribution < -0.4 is 0 Å². The molecule has 1 unspecified atom stereocenters. The third-order valence-corrected chi connectivity index (χ3v) is 1.26. The van der Waals surface area contributed by atoms with Crippen molar-refractivity contribution in [1.29, 1.82) is 0 Å². The van der Waals surface area contributed by atoms with Gasteiger partial charge >= 0.3 is 5.97 Å². The van der Waals surface area contributed by atoms with Crippen LogP contribution in [0.4, 0.5) is 0 Å². The Balaban J connectivity index is 2.08. The number of methoxy groups -OCH3 is 1. The number of carbonyl (C=O) groups excluding carboxylic acids is 1. The van der Waals surface area contributed by atoms with Gasteiger partial charge in [0.05, 0.1) is 19.8 Å². The van der Waals surface area contributed by atoms with Gasteiger partial charge in [-0.25, -0.2) is 4.79 Å². The molecule has 10 heavy (non-hydrogen) atoms. The summed E-state index contributed by atoms with van der Waals surface area (Å²) in [6, 6.07) is 0. The van der Waals surface area contributed by atoms with E-state index in [4.69, 9.17) is 4.74 Å². The highest BCUT2D eigenvalue weighted by Crippen LogP contribution is 2.13. The Morgan fingerprint density at radius 2 is 2.60 bits per heavy atom. The fraction of sp³-hybridized carbons (Fsp3) is 0.571. The molecule has 0 aromatic heterocycles. The van der Waals surface area contributed by atoms with Gasteiger partial charge in [-0.3, -0.25) is 0 Å². The molecule has 1 aliphatic rings. The highest BCUT2D eigenvalue weighted by atomic mass is 16.6. The van der Waals surface area contributed by atoms with Crippen LogP contribution in [0, 0.1) is 0 Å². The first-order chi connectivity index (χ1) is 4.83. The van der Waals surface area contributed by atoms with Crippen LogP contribution >= 0.6 is 0 Å². The predicted molar refractivity (Wildman–Crippen MR) is 35.5 cm³/mol. The number of carbonyl (C=O) groups is 1. The molecular formula is C7H10O3. The third-order valence-electron chi connectivity index (χ3n) is 1.26. The summed E-state index contributed by atoms with van der Waals surface area (Å²) in [6.45, 7) is 0.825. The first-order valence-corrected chi connectivity index (χ1v) is 3.19. The summed E-state index contributed by atoms with van der Waals surface area (Å²) in [6.07, 6.45) is 4.35. The summed E-state index contributed by atoms with van der Waals surface area (Å²) in [4.78, 5) is 10.5. The lowest BCUT2D eigenvalue weighted by molar-refractivity contribution is -0.134. The van der Waals surface area contributed by atoms with E-state index >= 15 is 0 Å². The standard InChI is InChI=1S/C7H10O3/c1-9-7(8)4-2-3-6-5-10-6/h2,4,6H,3,5H2,1H3/b4-2+. The molecule has 0 aromatic rings. The zero-order valence-electron chi connectivity index (χ0n) is 5.87. The maximum absolute atomic E-state index is 10.5. The van der Waals surface area contributed by atoms with Gasteiger partial charge in [-0.2, -0.15) is 0 Å². The number of ether oxygens (including phenoxy) is 2. The van der Waals surface area contributed by atoms with Gasteiger partial charge in [-0.1, -0.05) is 6.08 Å². The topological polar surface area (TPSA) is 38.8 Å². The molecule has 56 valence electrons. The van der Waals surface area contributed by atoms with E-state index in [-0.39, 0.29) is 5.97 Å². The highest BCUT2D eigenvalue weighted by molar-refractivity contribution is 5.81. The Labute approximate surface area is 59.6 Å². The maximum atomic E-state index is 10.5. The average Bonchev–Trinajstić information content (AvgIpc) is 2.71. The molecule has 1 atom stereocenters. The molecule has 0 saturated carbocycles. The van der Waals surface area contributed by atoms with E-state index in [2.05, 4.69) is 4.74 Å². The number of epoxide rings is 1. The molecule has 0 radical (unpaired) electrons. The van der Waals surface area contributed by atoms with Crippen LogP contribution in [0.2, 0.25) is 0 Å². The Bertz CT molecular complexity index is 147. The van der Waals surface area contributed by atoms with Gasteiger partial charge in [0, 0.05) is 6.08 Å². The fourth-order valence-electron chi connectivity index (χ4n) is 0.588. The number of rotatable bonds is 3. The van der Waals surface area contributed by atoms with E-state index in [9.17, 15) is 4.79 Å². The van der Waals surface area contributed by atoms with Crippen molar-refractivity contribution in [2.45, 2.75) is 12.5 Å². The maximum Gasteiger partial charge on any atom is 0.330 e. The first-order valence-electron chi connectivity index (χ1n) is 3.19. The average molecular weight is 142 g/mol. The summed E-state index contributed by atoms with van der Waals surface area (Å²) in [7, 11) is 1.36. The van der Waals surface area contributed by atoms with Gasteiger partial charge in [0.2, 0.25) is 0 Å². The normalized spacial score (nSPS) is 23.1. The lowest BCUT2D eigenvalue weighted by Crippen LogP contribution is -1.93. The van der Waals surface area contributed by atoms with Crippen molar-refractivity contribution in [3.05, 3.63) is 12.2 Å². The van der Waals surface area contributed by atoms with Crippen molar-refractivity contribution in [2.24, 2.45) is 0 Å². The molecule has 0 aromatic carbocycles. The van der Waals surface area contributed by atoms with Crippen molar-refractivity contribution < 1.29 is 14.3 Å². The van der Waals surface area contributed by atoms with Crippen molar-refractivity contribution in [1.82, 2.24) is 0 Å². The molecule has 1 saturated heterocycles. The van der Waals surface area contributed by atoms with Crippen molar-refractivity contribution in [3.8, 4) is 0 Å². The smallest absolute Gasteiger partial charge is 0.330 e. The second kappa shape index (κ2) is 3.37. The second-order valence-corrected chi connectivity index (χ2v) is 2.12. The SMILES string of the molecule is COC(=O)/C=C/CC1CO1. The Morgan fingerprint density at radius 3 is 3.10 bits per heavy atom. The molecule has 0 amide bonds. The number of esters is 1. The lowest BCUT2D eigenvalue weighted by Gasteiger charge is -1.87. The molecule has 0 N–H and O–H groups in total. The van der Waals surface area contributed by atoms with Crippen LogP contribution in [0.25, 0.3) is 0 Å². The van der Waals surface area contributed by atoms with E-state index in [1.165, 1.54) is 13.2 Å². The number of hydrogen-bond acceptors (Lipinski definition) is 3. The summed E-state index contributed by atoms with van der Waals surface area (Å²) in [5.41, 5.74) is 0. The van der Waals surface area contributed by atoms with E-state index in [1.54, 1.807) is 6.08 Å². The van der Waals surface area contributed by atoms with Crippen molar-refractivity contribution >= 4 is 5.97 Å². The molecule has 0 aliphatic carbocycles. The molecule has 1 rings (SSSR count). The molecule has 3 heteroatoms. The van der Waals surface area contributed by atoms with E-state index in [1.807, 2.05) is 0 Å². The summed E-state index contributed by atoms with van der Waals surface area (Å²) in [5.74, 6) is -0.305. The molecular weight excluding hydrogens is 132 g/mol. The predicted octanol–water partition coefficient (Wildman–Crippen LogP) is 0.504. The van der Waals surface area contributed by atoms with Crippen molar-refractivity contribution in [3.63, 3.8) is 0 Å². The Kier molecular flexibility index (Phi) is 2.45. The second-order valence-electron chi connectivity index (χ2n) is 2.12. The molecule has 1 fully saturated rings. The van der Waals surface area contributed by atoms with Gasteiger partial charge in [0.25, 0.3) is 0 Å². The molecule has 3 nitrogen and oxygen atoms in total. The van der Waals surface area contributed by atoms with Crippen molar-refractivity contribution in [2.75, 3.05) is 13.7 Å². The van der Waals surface area contributed by atoms with Gasteiger partial charge in [-0.15, -0.1) is 0 Å². The minimum absolute atomic E-state index is 0.305. The zero-order chi connectivity index (χ0) is 7.40. The van der Waals surface area contributed by atoms with E-state index < -0.39 is 0 Å². The van der Waals surface area contributed by atoms with E-state index in [0.29, 0.717) is 6.10 Å². The Morgan fingerprint density at radius 1 is 1.90 bits per heavy atom. The van der Waals surface area contributed by atoms with Gasteiger partial charge in [0.15, 0.2) is 0 Å². The molecule has 0 bridgehead atoms. The van der Waals surface area contributed by atoms with Crippen LogP contribution in [-0.4, -0.2) is 25.8 Å². The van der Waals surface area contributed by atoms with Crippen LogP contribution in [0.15, 0.2) is 12.2 Å². The minimum atomic E-state index is -0.305.